The van der Waals surface area contributed by atoms with E-state index in [2.05, 4.69) is 28.5 Å². The summed E-state index contributed by atoms with van der Waals surface area (Å²) in [5.74, 6) is 0. The highest BCUT2D eigenvalue weighted by atomic mass is 35.5. The van der Waals surface area contributed by atoms with Gasteiger partial charge in [0.25, 0.3) is 0 Å². The average Bonchev–Trinajstić information content (AvgIpc) is 2.50. The lowest BCUT2D eigenvalue weighted by molar-refractivity contribution is 0.389. The van der Waals surface area contributed by atoms with E-state index in [9.17, 15) is 4.79 Å². The van der Waals surface area contributed by atoms with Crippen LogP contribution in [0.3, 0.4) is 0 Å². The molecule has 0 spiro atoms. The Hall–Kier alpha value is -1.91. The van der Waals surface area contributed by atoms with E-state index in [0.717, 1.165) is 30.7 Å². The minimum absolute atomic E-state index is 0.00976. The van der Waals surface area contributed by atoms with Crippen molar-refractivity contribution in [2.45, 2.75) is 13.0 Å². The van der Waals surface area contributed by atoms with Crippen LogP contribution in [0.1, 0.15) is 6.42 Å². The summed E-state index contributed by atoms with van der Waals surface area (Å²) in [7, 11) is 4.11. The molecule has 0 saturated heterocycles. The van der Waals surface area contributed by atoms with Gasteiger partial charge in [-0.3, -0.25) is 4.79 Å². The van der Waals surface area contributed by atoms with Crippen LogP contribution >= 0.6 is 11.6 Å². The molecule has 0 atom stereocenters. The molecule has 0 unspecified atom stereocenters. The number of aromatic nitrogens is 2. The normalized spacial score (nSPS) is 11.6. The van der Waals surface area contributed by atoms with Crippen molar-refractivity contribution >= 4 is 33.5 Å². The molecule has 22 heavy (non-hydrogen) atoms. The van der Waals surface area contributed by atoms with Gasteiger partial charge < -0.3 is 9.47 Å². The van der Waals surface area contributed by atoms with Crippen molar-refractivity contribution in [3.05, 3.63) is 51.8 Å². The van der Waals surface area contributed by atoms with E-state index < -0.39 is 0 Å². The van der Waals surface area contributed by atoms with Crippen LogP contribution in [0.5, 0.6) is 0 Å². The molecule has 3 aromatic rings. The predicted molar refractivity (Wildman–Crippen MR) is 91.7 cm³/mol. The maximum Gasteiger partial charge on any atom is 0.198 e. The molecule has 0 aliphatic heterocycles. The van der Waals surface area contributed by atoms with E-state index in [0.29, 0.717) is 15.8 Å². The molecule has 0 aliphatic carbocycles. The summed E-state index contributed by atoms with van der Waals surface area (Å²) in [5.41, 5.74) is 1.62. The number of rotatable bonds is 4. The summed E-state index contributed by atoms with van der Waals surface area (Å²) in [4.78, 5) is 19.2. The maximum absolute atomic E-state index is 12.7. The Morgan fingerprint density at radius 2 is 2.05 bits per heavy atom. The third kappa shape index (κ3) is 2.72. The fourth-order valence-corrected chi connectivity index (χ4v) is 2.92. The molecule has 2 heterocycles. The highest BCUT2D eigenvalue weighted by Crippen LogP contribution is 2.21. The minimum Gasteiger partial charge on any atom is -0.325 e. The molecule has 0 amide bonds. The Morgan fingerprint density at radius 3 is 2.82 bits per heavy atom. The maximum atomic E-state index is 12.7. The molecule has 5 heteroatoms. The lowest BCUT2D eigenvalue weighted by Crippen LogP contribution is -2.17. The lowest BCUT2D eigenvalue weighted by atomic mass is 10.1. The van der Waals surface area contributed by atoms with Gasteiger partial charge >= 0.3 is 0 Å². The van der Waals surface area contributed by atoms with Gasteiger partial charge in [0.15, 0.2) is 5.43 Å². The summed E-state index contributed by atoms with van der Waals surface area (Å²) in [6.45, 7) is 1.79. The molecule has 0 bridgehead atoms. The third-order valence-electron chi connectivity index (χ3n) is 3.77. The van der Waals surface area contributed by atoms with E-state index in [4.69, 9.17) is 11.6 Å². The van der Waals surface area contributed by atoms with Crippen molar-refractivity contribution in [2.75, 3.05) is 20.6 Å². The van der Waals surface area contributed by atoms with Crippen molar-refractivity contribution in [1.29, 1.82) is 0 Å². The van der Waals surface area contributed by atoms with Gasteiger partial charge in [-0.1, -0.05) is 11.6 Å². The predicted octanol–water partition coefficient (Wildman–Crippen LogP) is 3.15. The second-order valence-corrected chi connectivity index (χ2v) is 6.11. The largest absolute Gasteiger partial charge is 0.325 e. The van der Waals surface area contributed by atoms with E-state index in [1.54, 1.807) is 18.3 Å². The Morgan fingerprint density at radius 1 is 1.23 bits per heavy atom. The molecule has 0 aliphatic rings. The first-order chi connectivity index (χ1) is 10.6. The molecule has 114 valence electrons. The summed E-state index contributed by atoms with van der Waals surface area (Å²) in [5, 5.41) is 1.87. The van der Waals surface area contributed by atoms with Gasteiger partial charge in [0, 0.05) is 23.2 Å². The van der Waals surface area contributed by atoms with Crippen LogP contribution < -0.4 is 5.43 Å². The van der Waals surface area contributed by atoms with Crippen LogP contribution in [0.25, 0.3) is 21.9 Å². The van der Waals surface area contributed by atoms with Crippen LogP contribution in [-0.2, 0) is 6.54 Å². The van der Waals surface area contributed by atoms with E-state index in [-0.39, 0.29) is 5.43 Å². The number of halogens is 1. The number of aryl methyl sites for hydroxylation is 1. The third-order valence-corrected chi connectivity index (χ3v) is 4.00. The van der Waals surface area contributed by atoms with E-state index in [1.807, 2.05) is 18.2 Å². The second-order valence-electron chi connectivity index (χ2n) is 5.67. The van der Waals surface area contributed by atoms with Crippen molar-refractivity contribution in [3.63, 3.8) is 0 Å². The summed E-state index contributed by atoms with van der Waals surface area (Å²) < 4.78 is 2.12. The number of nitrogens with zero attached hydrogens (tertiary/aromatic N) is 3. The number of benzene rings is 1. The summed E-state index contributed by atoms with van der Waals surface area (Å²) >= 11 is 6.07. The van der Waals surface area contributed by atoms with Crippen molar-refractivity contribution in [2.24, 2.45) is 0 Å². The number of hydrogen-bond donors (Lipinski definition) is 0. The zero-order chi connectivity index (χ0) is 15.7. The van der Waals surface area contributed by atoms with Gasteiger partial charge in [-0.25, -0.2) is 4.98 Å². The number of hydrogen-bond acceptors (Lipinski definition) is 3. The van der Waals surface area contributed by atoms with Crippen molar-refractivity contribution in [3.8, 4) is 0 Å². The van der Waals surface area contributed by atoms with Crippen LogP contribution in [0.15, 0.2) is 41.3 Å². The number of pyridine rings is 2. The van der Waals surface area contributed by atoms with Crippen LogP contribution in [-0.4, -0.2) is 35.1 Å². The topological polar surface area (TPSA) is 38.1 Å². The molecule has 0 radical (unpaired) electrons. The molecule has 2 aromatic heterocycles. The van der Waals surface area contributed by atoms with Gasteiger partial charge in [-0.05, 0) is 57.4 Å². The van der Waals surface area contributed by atoms with Crippen LogP contribution in [0, 0.1) is 0 Å². The molecule has 0 fully saturated rings. The zero-order valence-electron chi connectivity index (χ0n) is 12.7. The first-order valence-electron chi connectivity index (χ1n) is 7.29. The van der Waals surface area contributed by atoms with Crippen LogP contribution in [0.4, 0.5) is 0 Å². The molecule has 0 saturated carbocycles. The Balaban J connectivity index is 2.25. The monoisotopic (exact) mass is 315 g/mol. The smallest absolute Gasteiger partial charge is 0.198 e. The molecule has 0 N–H and O–H groups in total. The van der Waals surface area contributed by atoms with E-state index in [1.165, 1.54) is 0 Å². The average molecular weight is 316 g/mol. The SMILES string of the molecule is CN(C)CCCn1c2ccc(Cl)cc2c(=O)c2cccnc21. The quantitative estimate of drug-likeness (QED) is 0.694. The summed E-state index contributed by atoms with van der Waals surface area (Å²) in [6.07, 6.45) is 2.71. The highest BCUT2D eigenvalue weighted by Gasteiger charge is 2.11. The van der Waals surface area contributed by atoms with Gasteiger partial charge in [-0.15, -0.1) is 0 Å². The second kappa shape index (κ2) is 6.07. The molecular weight excluding hydrogens is 298 g/mol. The minimum atomic E-state index is -0.00976. The highest BCUT2D eigenvalue weighted by molar-refractivity contribution is 6.31. The van der Waals surface area contributed by atoms with Gasteiger partial charge in [-0.2, -0.15) is 0 Å². The fraction of sp³-hybridized carbons (Fsp3) is 0.294. The Labute approximate surface area is 133 Å². The molecule has 3 rings (SSSR count). The molecular formula is C17H18ClN3O. The van der Waals surface area contributed by atoms with Crippen molar-refractivity contribution in [1.82, 2.24) is 14.5 Å². The van der Waals surface area contributed by atoms with Crippen LogP contribution in [0.2, 0.25) is 5.02 Å². The lowest BCUT2D eigenvalue weighted by Gasteiger charge is -2.16. The Kier molecular flexibility index (Phi) is 4.14. The fourth-order valence-electron chi connectivity index (χ4n) is 2.75. The first-order valence-corrected chi connectivity index (χ1v) is 7.67. The zero-order valence-corrected chi connectivity index (χ0v) is 13.5. The van der Waals surface area contributed by atoms with Crippen molar-refractivity contribution < 1.29 is 0 Å². The van der Waals surface area contributed by atoms with Gasteiger partial charge in [0.2, 0.25) is 0 Å². The molecule has 1 aromatic carbocycles. The summed E-state index contributed by atoms with van der Waals surface area (Å²) in [6, 6.07) is 9.09. The standard InChI is InChI=1S/C17H18ClN3O/c1-20(2)9-4-10-21-15-7-6-12(18)11-14(15)16(22)13-5-3-8-19-17(13)21/h3,5-8,11H,4,9-10H2,1-2H3. The molecule has 4 nitrogen and oxygen atoms in total. The van der Waals surface area contributed by atoms with Gasteiger partial charge in [0.05, 0.1) is 10.9 Å². The van der Waals surface area contributed by atoms with Gasteiger partial charge in [0.1, 0.15) is 5.65 Å². The first kappa shape index (κ1) is 15.0. The Bertz CT molecular complexity index is 886. The number of fused-ring (bicyclic) bond motifs is 2. The van der Waals surface area contributed by atoms with E-state index >= 15 is 0 Å².